The fourth-order valence-electron chi connectivity index (χ4n) is 9.95. The lowest BCUT2D eigenvalue weighted by Crippen LogP contribution is -2.62. The van der Waals surface area contributed by atoms with Gasteiger partial charge in [-0.1, -0.05) is 20.8 Å². The molecule has 0 saturated heterocycles. The number of carboxylic acids is 1. The van der Waals surface area contributed by atoms with E-state index >= 15 is 0 Å². The normalized spacial score (nSPS) is 40.6. The minimum Gasteiger partial charge on any atom is -0.480 e. The highest BCUT2D eigenvalue weighted by molar-refractivity contribution is 5.87. The number of carbonyl (C=O) groups excluding carboxylic acids is 2. The lowest BCUT2D eigenvalue weighted by molar-refractivity contribution is -0.207. The van der Waals surface area contributed by atoms with E-state index in [2.05, 4.69) is 31.4 Å². The average Bonchev–Trinajstić information content (AvgIpc) is 3.30. The number of amides is 2. The first-order chi connectivity index (χ1) is 19.8. The van der Waals surface area contributed by atoms with E-state index in [-0.39, 0.29) is 77.7 Å². The van der Waals surface area contributed by atoms with E-state index in [1.54, 1.807) is 0 Å². The van der Waals surface area contributed by atoms with Crippen molar-refractivity contribution in [2.45, 2.75) is 122 Å². The van der Waals surface area contributed by atoms with E-state index in [0.29, 0.717) is 32.2 Å². The highest BCUT2D eigenvalue weighted by atomic mass is 16.4. The third-order valence-electron chi connectivity index (χ3n) is 12.4. The maximum atomic E-state index is 12.6. The van der Waals surface area contributed by atoms with Gasteiger partial charge >= 0.3 is 5.97 Å². The summed E-state index contributed by atoms with van der Waals surface area (Å²) in [7, 11) is 0. The molecule has 4 fully saturated rings. The number of unbranched alkanes of at least 4 members (excludes halogenated alkanes) is 1. The van der Waals surface area contributed by atoms with Gasteiger partial charge in [0.25, 0.3) is 0 Å². The van der Waals surface area contributed by atoms with Crippen LogP contribution in [0.4, 0.5) is 0 Å². The van der Waals surface area contributed by atoms with Crippen molar-refractivity contribution < 1.29 is 34.8 Å². The van der Waals surface area contributed by atoms with Gasteiger partial charge in [0.05, 0.1) is 24.9 Å². The number of aliphatic carboxylic acids is 1. The Morgan fingerprint density at radius 3 is 2.38 bits per heavy atom. The standard InChI is InChI=1S/C32H55N3O7/c1-18(7-10-27(39)34-17-28(40)35-24(30(41)42)6-4-5-13-33)21-8-9-22-29-23(16-26(38)32(21,22)3)31(2)12-11-20(36)14-19(31)15-25(29)37/h18-26,29,36-38H,4-17,33H2,1-3H3,(H,34,39)(H,35,40)(H,41,42). The number of rotatable bonds is 12. The van der Waals surface area contributed by atoms with E-state index in [9.17, 15) is 34.8 Å². The number of hydrogen-bond donors (Lipinski definition) is 7. The molecule has 0 aromatic carbocycles. The number of nitrogens with one attached hydrogen (secondary N) is 2. The van der Waals surface area contributed by atoms with E-state index in [0.717, 1.165) is 38.5 Å². The average molecular weight is 594 g/mol. The molecule has 10 nitrogen and oxygen atoms in total. The molecule has 240 valence electrons. The Bertz CT molecular complexity index is 980. The smallest absolute Gasteiger partial charge is 0.326 e. The van der Waals surface area contributed by atoms with Crippen LogP contribution in [0.5, 0.6) is 0 Å². The second-order valence-corrected chi connectivity index (χ2v) is 14.6. The van der Waals surface area contributed by atoms with Gasteiger partial charge in [-0.25, -0.2) is 4.79 Å². The molecule has 0 aromatic heterocycles. The lowest BCUT2D eigenvalue weighted by Gasteiger charge is -2.63. The minimum absolute atomic E-state index is 0.0362. The van der Waals surface area contributed by atoms with Gasteiger partial charge in [-0.2, -0.15) is 0 Å². The zero-order chi connectivity index (χ0) is 30.8. The van der Waals surface area contributed by atoms with E-state index in [1.165, 1.54) is 0 Å². The number of aliphatic hydroxyl groups excluding tert-OH is 3. The van der Waals surface area contributed by atoms with E-state index in [4.69, 9.17) is 5.73 Å². The Hall–Kier alpha value is -1.75. The SMILES string of the molecule is CC(CCC(=O)NCC(=O)NC(CCCCN)C(=O)O)C1CCC2C3C(O)CC4CC(O)CCC4(C)C3CC(O)C12C. The number of nitrogens with two attached hydrogens (primary N) is 1. The molecule has 0 spiro atoms. The predicted molar refractivity (Wildman–Crippen MR) is 158 cm³/mol. The summed E-state index contributed by atoms with van der Waals surface area (Å²) in [4.78, 5) is 36.3. The number of fused-ring (bicyclic) bond motifs is 5. The first-order valence-corrected chi connectivity index (χ1v) is 16.4. The van der Waals surface area contributed by atoms with Gasteiger partial charge in [0, 0.05) is 6.42 Å². The lowest BCUT2D eigenvalue weighted by atomic mass is 9.43. The fourth-order valence-corrected chi connectivity index (χ4v) is 9.95. The van der Waals surface area contributed by atoms with Crippen LogP contribution in [0.1, 0.15) is 97.8 Å². The fraction of sp³-hybridized carbons (Fsp3) is 0.906. The minimum atomic E-state index is -1.10. The van der Waals surface area contributed by atoms with Crippen molar-refractivity contribution >= 4 is 17.8 Å². The highest BCUT2D eigenvalue weighted by Crippen LogP contribution is 2.68. The first-order valence-electron chi connectivity index (χ1n) is 16.4. The highest BCUT2D eigenvalue weighted by Gasteiger charge is 2.65. The van der Waals surface area contributed by atoms with Crippen molar-refractivity contribution in [1.29, 1.82) is 0 Å². The van der Waals surface area contributed by atoms with Crippen LogP contribution in [0.25, 0.3) is 0 Å². The molecular weight excluding hydrogens is 538 g/mol. The summed E-state index contributed by atoms with van der Waals surface area (Å²) in [5.74, 6) is -0.566. The van der Waals surface area contributed by atoms with Crippen molar-refractivity contribution in [3.63, 3.8) is 0 Å². The molecule has 10 heteroatoms. The summed E-state index contributed by atoms with van der Waals surface area (Å²) < 4.78 is 0. The molecule has 4 rings (SSSR count). The Balaban J connectivity index is 1.31. The molecule has 4 aliphatic rings. The third-order valence-corrected chi connectivity index (χ3v) is 12.4. The van der Waals surface area contributed by atoms with Gasteiger partial charge in [0.1, 0.15) is 6.04 Å². The second kappa shape index (κ2) is 13.5. The Morgan fingerprint density at radius 2 is 1.69 bits per heavy atom. The number of carboxylic acid groups (broad SMARTS) is 1. The van der Waals surface area contributed by atoms with Crippen LogP contribution >= 0.6 is 0 Å². The summed E-state index contributed by atoms with van der Waals surface area (Å²) in [5.41, 5.74) is 5.17. The topological polar surface area (TPSA) is 182 Å². The van der Waals surface area contributed by atoms with Crippen LogP contribution in [0.3, 0.4) is 0 Å². The number of hydrogen-bond acceptors (Lipinski definition) is 7. The largest absolute Gasteiger partial charge is 0.480 e. The summed E-state index contributed by atoms with van der Waals surface area (Å²) in [5, 5.41) is 48.0. The zero-order valence-electron chi connectivity index (χ0n) is 25.8. The monoisotopic (exact) mass is 593 g/mol. The predicted octanol–water partition coefficient (Wildman–Crippen LogP) is 2.18. The molecule has 0 radical (unpaired) electrons. The van der Waals surface area contributed by atoms with Gasteiger partial charge in [-0.05, 0) is 124 Å². The molecule has 42 heavy (non-hydrogen) atoms. The number of aliphatic hydroxyl groups is 3. The molecule has 2 amide bonds. The van der Waals surface area contributed by atoms with Crippen LogP contribution in [0, 0.1) is 46.3 Å². The quantitative estimate of drug-likeness (QED) is 0.168. The number of carbonyl (C=O) groups is 3. The van der Waals surface area contributed by atoms with Gasteiger partial charge < -0.3 is 36.8 Å². The molecule has 4 saturated carbocycles. The van der Waals surface area contributed by atoms with Gasteiger partial charge in [0.15, 0.2) is 0 Å². The third kappa shape index (κ3) is 6.52. The van der Waals surface area contributed by atoms with Crippen LogP contribution in [-0.4, -0.2) is 75.7 Å². The van der Waals surface area contributed by atoms with Gasteiger partial charge in [-0.15, -0.1) is 0 Å². The Kier molecular flexibility index (Phi) is 10.6. The molecular formula is C32H55N3O7. The molecule has 0 heterocycles. The molecule has 8 N–H and O–H groups in total. The first kappa shape index (κ1) is 33.1. The zero-order valence-corrected chi connectivity index (χ0v) is 25.8. The van der Waals surface area contributed by atoms with Crippen LogP contribution < -0.4 is 16.4 Å². The Labute approximate surface area is 250 Å². The summed E-state index contributed by atoms with van der Waals surface area (Å²) in [6, 6.07) is -1.00. The summed E-state index contributed by atoms with van der Waals surface area (Å²) >= 11 is 0. The molecule has 12 unspecified atom stereocenters. The van der Waals surface area contributed by atoms with Crippen LogP contribution in [0.2, 0.25) is 0 Å². The van der Waals surface area contributed by atoms with Crippen molar-refractivity contribution in [3.8, 4) is 0 Å². The van der Waals surface area contributed by atoms with E-state index < -0.39 is 30.1 Å². The molecule has 0 aliphatic heterocycles. The summed E-state index contributed by atoms with van der Waals surface area (Å²) in [6.07, 6.45) is 7.07. The van der Waals surface area contributed by atoms with Gasteiger partial charge in [0.2, 0.25) is 11.8 Å². The second-order valence-electron chi connectivity index (χ2n) is 14.6. The van der Waals surface area contributed by atoms with Crippen molar-refractivity contribution in [2.24, 2.45) is 52.1 Å². The molecule has 4 aliphatic carbocycles. The molecule has 12 atom stereocenters. The summed E-state index contributed by atoms with van der Waals surface area (Å²) in [6.45, 7) is 6.87. The Morgan fingerprint density at radius 1 is 0.952 bits per heavy atom. The maximum absolute atomic E-state index is 12.6. The maximum Gasteiger partial charge on any atom is 0.326 e. The van der Waals surface area contributed by atoms with Gasteiger partial charge in [-0.3, -0.25) is 9.59 Å². The van der Waals surface area contributed by atoms with Crippen molar-refractivity contribution in [3.05, 3.63) is 0 Å². The van der Waals surface area contributed by atoms with Crippen LogP contribution in [0.15, 0.2) is 0 Å². The van der Waals surface area contributed by atoms with Crippen molar-refractivity contribution in [2.75, 3.05) is 13.1 Å². The molecule has 0 aromatic rings. The molecule has 0 bridgehead atoms. The van der Waals surface area contributed by atoms with Crippen LogP contribution in [-0.2, 0) is 14.4 Å². The van der Waals surface area contributed by atoms with Crippen molar-refractivity contribution in [1.82, 2.24) is 10.6 Å². The van der Waals surface area contributed by atoms with E-state index in [1.807, 2.05) is 0 Å².